The Morgan fingerprint density at radius 3 is 2.25 bits per heavy atom. The molecule has 6 N–H and O–H groups in total. The van der Waals surface area contributed by atoms with Gasteiger partial charge in [0.05, 0.1) is 25.1 Å². The highest BCUT2D eigenvalue weighted by Crippen LogP contribution is 2.46. The molecule has 0 aromatic carbocycles. The number of amides is 1. The van der Waals surface area contributed by atoms with E-state index in [1.165, 1.54) is 12.5 Å². The summed E-state index contributed by atoms with van der Waals surface area (Å²) in [5.41, 5.74) is 5.62. The van der Waals surface area contributed by atoms with Crippen LogP contribution in [0.1, 0.15) is 60.4 Å². The summed E-state index contributed by atoms with van der Waals surface area (Å²) in [6.45, 7) is 21.5. The van der Waals surface area contributed by atoms with Gasteiger partial charge in [0.15, 0.2) is 40.6 Å². The van der Waals surface area contributed by atoms with Gasteiger partial charge in [-0.05, 0) is 36.3 Å². The minimum atomic E-state index is -2.49. The molecular weight excluding hydrogens is 709 g/mol. The van der Waals surface area contributed by atoms with Gasteiger partial charge in [-0.15, -0.1) is 0 Å². The van der Waals surface area contributed by atoms with E-state index in [2.05, 4.69) is 93.0 Å². The van der Waals surface area contributed by atoms with Gasteiger partial charge in [0.1, 0.15) is 30.2 Å². The Bertz CT molecular complexity index is 1870. The fourth-order valence-electron chi connectivity index (χ4n) is 5.90. The van der Waals surface area contributed by atoms with Crippen molar-refractivity contribution in [3.63, 3.8) is 0 Å². The number of carbonyl (C=O) groups excluding carboxylic acids is 1. The Labute approximate surface area is 304 Å². The molecule has 8 atom stereocenters. The number of nitrogens with zero attached hydrogens (tertiary/aromatic N) is 5. The highest BCUT2D eigenvalue weighted by atomic mass is 28.4. The molecule has 2 aliphatic rings. The van der Waals surface area contributed by atoms with E-state index in [9.17, 15) is 24.6 Å². The summed E-state index contributed by atoms with van der Waals surface area (Å²) in [7, 11) is -4.74. The van der Waals surface area contributed by atoms with E-state index < -0.39 is 76.8 Å². The van der Waals surface area contributed by atoms with Gasteiger partial charge in [-0.2, -0.15) is 0 Å². The van der Waals surface area contributed by atoms with Crippen LogP contribution in [0.25, 0.3) is 11.2 Å². The van der Waals surface area contributed by atoms with Crippen molar-refractivity contribution in [3.05, 3.63) is 45.8 Å². The van der Waals surface area contributed by atoms with Crippen LogP contribution in [0.2, 0.25) is 36.3 Å². The summed E-state index contributed by atoms with van der Waals surface area (Å²) in [5, 5.41) is 24.1. The molecule has 19 heteroatoms. The van der Waals surface area contributed by atoms with Gasteiger partial charge in [-0.3, -0.25) is 23.7 Å². The van der Waals surface area contributed by atoms with E-state index >= 15 is 0 Å². The van der Waals surface area contributed by atoms with Crippen LogP contribution in [-0.2, 0) is 23.1 Å². The zero-order chi connectivity index (χ0) is 38.6. The molecule has 0 unspecified atom stereocenters. The maximum absolute atomic E-state index is 13.9. The van der Waals surface area contributed by atoms with Crippen molar-refractivity contribution in [2.75, 3.05) is 18.9 Å². The monoisotopic (exact) mass is 762 g/mol. The number of hydrogen-bond acceptors (Lipinski definition) is 13. The third-order valence-corrected chi connectivity index (χ3v) is 20.2. The predicted molar refractivity (Wildman–Crippen MR) is 197 cm³/mol. The number of aromatic nitrogens is 6. The third-order valence-electron chi connectivity index (χ3n) is 11.2. The normalized spacial score (nSPS) is 27.4. The maximum atomic E-state index is 13.9. The maximum Gasteiger partial charge on any atom is 0.330 e. The largest absolute Gasteiger partial charge is 0.414 e. The Kier molecular flexibility index (Phi) is 11.1. The molecule has 0 aliphatic carbocycles. The number of nitrogens with one attached hydrogen (secondary N) is 2. The summed E-state index contributed by atoms with van der Waals surface area (Å²) in [4.78, 5) is 52.9. The average Bonchev–Trinajstić information content (AvgIpc) is 3.68. The van der Waals surface area contributed by atoms with Gasteiger partial charge in [-0.1, -0.05) is 41.5 Å². The van der Waals surface area contributed by atoms with Crippen LogP contribution in [-0.4, -0.2) is 105 Å². The number of anilines is 1. The molecule has 3 aromatic heterocycles. The smallest absolute Gasteiger partial charge is 0.330 e. The summed E-state index contributed by atoms with van der Waals surface area (Å²) in [5.74, 6) is -0.633. The van der Waals surface area contributed by atoms with Crippen LogP contribution < -0.4 is 22.3 Å². The second-order valence-electron chi connectivity index (χ2n) is 16.8. The highest BCUT2D eigenvalue weighted by Gasteiger charge is 2.53. The first kappa shape index (κ1) is 39.9. The van der Waals surface area contributed by atoms with Crippen LogP contribution in [0.4, 0.5) is 5.82 Å². The van der Waals surface area contributed by atoms with E-state index in [4.69, 9.17) is 24.1 Å². The molecule has 2 fully saturated rings. The Morgan fingerprint density at radius 2 is 1.62 bits per heavy atom. The van der Waals surface area contributed by atoms with Crippen molar-refractivity contribution < 1.29 is 33.3 Å². The number of fused-ring (bicyclic) bond motifs is 1. The number of nitrogens with two attached hydrogens (primary N) is 1. The van der Waals surface area contributed by atoms with Crippen LogP contribution in [0.5, 0.6) is 0 Å². The lowest BCUT2D eigenvalue weighted by Gasteiger charge is -2.41. The fraction of sp³-hybridized carbons (Fsp3) is 0.697. The number of ether oxygens (including phenoxy) is 2. The van der Waals surface area contributed by atoms with Gasteiger partial charge < -0.3 is 39.6 Å². The van der Waals surface area contributed by atoms with Crippen molar-refractivity contribution in [3.8, 4) is 0 Å². The molecule has 0 radical (unpaired) electrons. The molecule has 2 aliphatic heterocycles. The van der Waals surface area contributed by atoms with E-state index in [-0.39, 0.29) is 41.4 Å². The first-order valence-corrected chi connectivity index (χ1v) is 23.3. The van der Waals surface area contributed by atoms with Crippen molar-refractivity contribution in [2.45, 2.75) is 127 Å². The van der Waals surface area contributed by atoms with Crippen LogP contribution in [0.15, 0.2) is 34.5 Å². The topological polar surface area (TPSA) is 231 Å². The molecule has 0 spiro atoms. The molecule has 288 valence electrons. The molecule has 5 heterocycles. The number of imidazole rings is 1. The van der Waals surface area contributed by atoms with Gasteiger partial charge in [-0.25, -0.2) is 19.7 Å². The SMILES string of the molecule is CC(C)(C)[Si](C)(C)OC[C@H]1O[C@@H](n2cnc3c(N)ncnc32)[C@H](O[Si](C)(C)C(C)(C)C)[C@@H]1CC(=O)NC[C@H]1O[C@@H](n2ccc(=O)[nH]c2=O)[C@H](O)[C@@H]1O. The number of nitrogen functional groups attached to an aromatic ring is 1. The lowest BCUT2D eigenvalue weighted by atomic mass is 9.94. The average molecular weight is 763 g/mol. The zero-order valence-corrected chi connectivity index (χ0v) is 33.6. The first-order valence-electron chi connectivity index (χ1n) is 17.5. The van der Waals surface area contributed by atoms with Crippen molar-refractivity contribution >= 4 is 39.5 Å². The minimum Gasteiger partial charge on any atom is -0.414 e. The van der Waals surface area contributed by atoms with Crippen molar-refractivity contribution in [1.29, 1.82) is 0 Å². The Morgan fingerprint density at radius 1 is 0.962 bits per heavy atom. The summed E-state index contributed by atoms with van der Waals surface area (Å²) < 4.78 is 29.2. The Balaban J connectivity index is 1.43. The van der Waals surface area contributed by atoms with Crippen LogP contribution in [0, 0.1) is 5.92 Å². The number of aromatic amines is 1. The van der Waals surface area contributed by atoms with E-state index in [1.807, 2.05) is 0 Å². The molecule has 2 saturated heterocycles. The molecule has 0 bridgehead atoms. The molecule has 3 aromatic rings. The van der Waals surface area contributed by atoms with Gasteiger partial charge in [0.25, 0.3) is 5.56 Å². The quantitative estimate of drug-likeness (QED) is 0.176. The molecular formula is C33H54N8O9Si2. The second kappa shape index (κ2) is 14.5. The summed E-state index contributed by atoms with van der Waals surface area (Å²) >= 11 is 0. The number of aliphatic hydroxyl groups is 2. The van der Waals surface area contributed by atoms with Gasteiger partial charge in [0, 0.05) is 31.1 Å². The third kappa shape index (κ3) is 7.96. The number of rotatable bonds is 11. The molecule has 52 heavy (non-hydrogen) atoms. The minimum absolute atomic E-state index is 0.0285. The van der Waals surface area contributed by atoms with Crippen molar-refractivity contribution in [1.82, 2.24) is 34.4 Å². The van der Waals surface area contributed by atoms with Crippen LogP contribution in [0.3, 0.4) is 0 Å². The van der Waals surface area contributed by atoms with Gasteiger partial charge in [0.2, 0.25) is 5.91 Å². The van der Waals surface area contributed by atoms with E-state index in [0.717, 1.165) is 10.6 Å². The lowest BCUT2D eigenvalue weighted by Crippen LogP contribution is -2.49. The standard InChI is InChI=1S/C33H54N8O9Si2/c1-32(2,3)51(7,8)47-15-20-18(13-22(43)35-14-19-24(44)25(45)29(48-19)40-12-11-21(42)39-31(40)46)26(50-52(9,10)33(4,5)6)30(49-20)41-17-38-23-27(34)36-16-37-28(23)41/h11-12,16-20,24-26,29-30,44-45H,13-15H2,1-10H3,(H,35,43)(H2,34,36,37)(H,39,42,46)/t18-,19-,20-,24-,25-,26-,29-,30-/m1/s1. The number of hydrogen-bond donors (Lipinski definition) is 5. The second-order valence-corrected chi connectivity index (χ2v) is 26.4. The summed E-state index contributed by atoms with van der Waals surface area (Å²) in [6.07, 6.45) is -3.03. The fourth-order valence-corrected chi connectivity index (χ4v) is 8.24. The Hall–Kier alpha value is -3.31. The lowest BCUT2D eigenvalue weighted by molar-refractivity contribution is -0.124. The number of carbonyl (C=O) groups is 1. The highest BCUT2D eigenvalue weighted by molar-refractivity contribution is 6.74. The molecule has 1 amide bonds. The molecule has 17 nitrogen and oxygen atoms in total. The zero-order valence-electron chi connectivity index (χ0n) is 31.6. The van der Waals surface area contributed by atoms with Crippen molar-refractivity contribution in [2.24, 2.45) is 5.92 Å². The first-order chi connectivity index (χ1) is 24.0. The summed E-state index contributed by atoms with van der Waals surface area (Å²) in [6, 6.07) is 1.11. The van der Waals surface area contributed by atoms with Gasteiger partial charge >= 0.3 is 5.69 Å². The van der Waals surface area contributed by atoms with Crippen LogP contribution >= 0.6 is 0 Å². The molecule has 5 rings (SSSR count). The van der Waals surface area contributed by atoms with E-state index in [1.54, 1.807) is 10.9 Å². The predicted octanol–water partition coefficient (Wildman–Crippen LogP) is 2.01. The number of aliphatic hydroxyl groups excluding tert-OH is 2. The van der Waals surface area contributed by atoms with E-state index in [0.29, 0.717) is 11.2 Å². The number of H-pyrrole nitrogens is 1. The molecule has 0 saturated carbocycles.